The maximum absolute atomic E-state index is 11.7. The quantitative estimate of drug-likeness (QED) is 0.684. The third kappa shape index (κ3) is 5.59. The SMILES string of the molecule is CCCNS(=O)(=O)Nc1cccc(C(C)NCC)c1. The third-order valence-corrected chi connectivity index (χ3v) is 3.78. The molecule has 108 valence electrons. The first-order valence-electron chi connectivity index (χ1n) is 6.59. The Morgan fingerprint density at radius 1 is 1.26 bits per heavy atom. The molecule has 1 unspecified atom stereocenters. The summed E-state index contributed by atoms with van der Waals surface area (Å²) in [5, 5.41) is 3.29. The zero-order valence-corrected chi connectivity index (χ0v) is 12.5. The second kappa shape index (κ2) is 7.47. The molecule has 1 aromatic rings. The predicted molar refractivity (Wildman–Crippen MR) is 79.4 cm³/mol. The number of hydrogen-bond donors (Lipinski definition) is 3. The van der Waals surface area contributed by atoms with Crippen LogP contribution in [0.1, 0.15) is 38.8 Å². The first kappa shape index (κ1) is 15.9. The van der Waals surface area contributed by atoms with E-state index in [1.54, 1.807) is 6.07 Å². The minimum absolute atomic E-state index is 0.193. The average Bonchev–Trinajstić information content (AvgIpc) is 2.36. The van der Waals surface area contributed by atoms with E-state index in [0.29, 0.717) is 12.2 Å². The Labute approximate surface area is 116 Å². The van der Waals surface area contributed by atoms with E-state index in [0.717, 1.165) is 18.5 Å². The lowest BCUT2D eigenvalue weighted by Gasteiger charge is -2.15. The summed E-state index contributed by atoms with van der Waals surface area (Å²) in [6.45, 7) is 7.31. The van der Waals surface area contributed by atoms with E-state index in [4.69, 9.17) is 0 Å². The third-order valence-electron chi connectivity index (χ3n) is 2.69. The summed E-state index contributed by atoms with van der Waals surface area (Å²) in [7, 11) is -3.47. The smallest absolute Gasteiger partial charge is 0.299 e. The molecule has 5 nitrogen and oxygen atoms in total. The van der Waals surface area contributed by atoms with Crippen molar-refractivity contribution in [2.24, 2.45) is 0 Å². The van der Waals surface area contributed by atoms with Gasteiger partial charge in [-0.15, -0.1) is 0 Å². The van der Waals surface area contributed by atoms with Crippen molar-refractivity contribution in [3.05, 3.63) is 29.8 Å². The molecule has 1 rings (SSSR count). The van der Waals surface area contributed by atoms with Gasteiger partial charge in [0.25, 0.3) is 10.2 Å². The van der Waals surface area contributed by atoms with Crippen LogP contribution < -0.4 is 14.8 Å². The first-order chi connectivity index (χ1) is 8.98. The molecule has 0 saturated carbocycles. The molecule has 6 heteroatoms. The summed E-state index contributed by atoms with van der Waals surface area (Å²) in [5.41, 5.74) is 1.63. The van der Waals surface area contributed by atoms with E-state index < -0.39 is 10.2 Å². The van der Waals surface area contributed by atoms with Gasteiger partial charge in [-0.05, 0) is 37.6 Å². The summed E-state index contributed by atoms with van der Waals surface area (Å²) in [5.74, 6) is 0. The van der Waals surface area contributed by atoms with Gasteiger partial charge in [0.15, 0.2) is 0 Å². The molecule has 3 N–H and O–H groups in total. The van der Waals surface area contributed by atoms with Crippen LogP contribution in [-0.2, 0) is 10.2 Å². The van der Waals surface area contributed by atoms with Gasteiger partial charge in [0.05, 0.1) is 5.69 Å². The second-order valence-electron chi connectivity index (χ2n) is 4.40. The Morgan fingerprint density at radius 2 is 2.00 bits per heavy atom. The van der Waals surface area contributed by atoms with E-state index in [9.17, 15) is 8.42 Å². The molecule has 0 bridgehead atoms. The number of anilines is 1. The van der Waals surface area contributed by atoms with E-state index >= 15 is 0 Å². The van der Waals surface area contributed by atoms with Crippen molar-refractivity contribution in [3.63, 3.8) is 0 Å². The van der Waals surface area contributed by atoms with Crippen LogP contribution in [0, 0.1) is 0 Å². The second-order valence-corrected chi connectivity index (χ2v) is 5.90. The van der Waals surface area contributed by atoms with Gasteiger partial charge in [-0.25, -0.2) is 0 Å². The maximum Gasteiger partial charge on any atom is 0.299 e. The van der Waals surface area contributed by atoms with Crippen LogP contribution in [0.15, 0.2) is 24.3 Å². The zero-order chi connectivity index (χ0) is 14.3. The first-order valence-corrected chi connectivity index (χ1v) is 8.07. The maximum atomic E-state index is 11.7. The van der Waals surface area contributed by atoms with Crippen molar-refractivity contribution < 1.29 is 8.42 Å². The molecule has 0 saturated heterocycles. The highest BCUT2D eigenvalue weighted by atomic mass is 32.2. The summed E-state index contributed by atoms with van der Waals surface area (Å²) in [6, 6.07) is 7.61. The van der Waals surface area contributed by atoms with Crippen LogP contribution in [-0.4, -0.2) is 21.5 Å². The predicted octanol–water partition coefficient (Wildman–Crippen LogP) is 2.01. The zero-order valence-electron chi connectivity index (χ0n) is 11.7. The average molecular weight is 285 g/mol. The van der Waals surface area contributed by atoms with Crippen molar-refractivity contribution in [3.8, 4) is 0 Å². The Hall–Kier alpha value is -1.11. The van der Waals surface area contributed by atoms with Gasteiger partial charge in [0.1, 0.15) is 0 Å². The van der Waals surface area contributed by atoms with Crippen molar-refractivity contribution in [2.45, 2.75) is 33.2 Å². The van der Waals surface area contributed by atoms with Gasteiger partial charge in [0.2, 0.25) is 0 Å². The summed E-state index contributed by atoms with van der Waals surface area (Å²) in [6.07, 6.45) is 0.762. The van der Waals surface area contributed by atoms with Crippen molar-refractivity contribution in [2.75, 3.05) is 17.8 Å². The highest BCUT2D eigenvalue weighted by Crippen LogP contribution is 2.17. The number of rotatable bonds is 8. The Balaban J connectivity index is 2.77. The molecule has 0 aliphatic heterocycles. The van der Waals surface area contributed by atoms with Crippen LogP contribution in [0.4, 0.5) is 5.69 Å². The van der Waals surface area contributed by atoms with Gasteiger partial charge in [-0.2, -0.15) is 13.1 Å². The van der Waals surface area contributed by atoms with Crippen molar-refractivity contribution >= 4 is 15.9 Å². The van der Waals surface area contributed by atoms with Gasteiger partial charge in [-0.3, -0.25) is 4.72 Å². The molecular formula is C13H23N3O2S. The van der Waals surface area contributed by atoms with Gasteiger partial charge >= 0.3 is 0 Å². The largest absolute Gasteiger partial charge is 0.310 e. The van der Waals surface area contributed by atoms with E-state index in [2.05, 4.69) is 14.8 Å². The molecule has 0 spiro atoms. The fourth-order valence-electron chi connectivity index (χ4n) is 1.72. The van der Waals surface area contributed by atoms with E-state index in [1.165, 1.54) is 0 Å². The lowest BCUT2D eigenvalue weighted by atomic mass is 10.1. The molecule has 0 heterocycles. The van der Waals surface area contributed by atoms with Crippen LogP contribution in [0.25, 0.3) is 0 Å². The molecule has 19 heavy (non-hydrogen) atoms. The van der Waals surface area contributed by atoms with E-state index in [-0.39, 0.29) is 6.04 Å². The van der Waals surface area contributed by atoms with Crippen LogP contribution in [0.3, 0.4) is 0 Å². The van der Waals surface area contributed by atoms with Crippen molar-refractivity contribution in [1.82, 2.24) is 10.0 Å². The number of hydrogen-bond acceptors (Lipinski definition) is 3. The number of benzene rings is 1. The molecule has 0 aliphatic carbocycles. The summed E-state index contributed by atoms with van der Waals surface area (Å²) in [4.78, 5) is 0. The molecule has 0 fully saturated rings. The number of nitrogens with one attached hydrogen (secondary N) is 3. The molecule has 0 radical (unpaired) electrons. The van der Waals surface area contributed by atoms with Crippen LogP contribution >= 0.6 is 0 Å². The highest BCUT2D eigenvalue weighted by Gasteiger charge is 2.10. The molecule has 0 amide bonds. The fraction of sp³-hybridized carbons (Fsp3) is 0.538. The van der Waals surface area contributed by atoms with Crippen molar-refractivity contribution in [1.29, 1.82) is 0 Å². The highest BCUT2D eigenvalue weighted by molar-refractivity contribution is 7.90. The Bertz CT molecular complexity index is 488. The molecule has 0 aliphatic rings. The normalized spacial score (nSPS) is 13.2. The van der Waals surface area contributed by atoms with Crippen LogP contribution in [0.2, 0.25) is 0 Å². The molecule has 1 atom stereocenters. The monoisotopic (exact) mass is 285 g/mol. The van der Waals surface area contributed by atoms with Gasteiger partial charge in [-0.1, -0.05) is 26.0 Å². The topological polar surface area (TPSA) is 70.2 Å². The summed E-state index contributed by atoms with van der Waals surface area (Å²) < 4.78 is 28.5. The fourth-order valence-corrected chi connectivity index (χ4v) is 2.71. The Kier molecular flexibility index (Phi) is 6.27. The lowest BCUT2D eigenvalue weighted by Crippen LogP contribution is -2.30. The molecule has 0 aromatic heterocycles. The van der Waals surface area contributed by atoms with Crippen LogP contribution in [0.5, 0.6) is 0 Å². The van der Waals surface area contributed by atoms with Gasteiger partial charge < -0.3 is 5.32 Å². The lowest BCUT2D eigenvalue weighted by molar-refractivity contribution is 0.586. The minimum Gasteiger partial charge on any atom is -0.310 e. The molecule has 1 aromatic carbocycles. The standard InChI is InChI=1S/C13H23N3O2S/c1-4-9-15-19(17,18)16-13-8-6-7-12(10-13)11(3)14-5-2/h6-8,10-11,14-16H,4-5,9H2,1-3H3. The van der Waals surface area contributed by atoms with Gasteiger partial charge in [0, 0.05) is 12.6 Å². The minimum atomic E-state index is -3.47. The Morgan fingerprint density at radius 3 is 2.63 bits per heavy atom. The van der Waals surface area contributed by atoms with E-state index in [1.807, 2.05) is 39.0 Å². The summed E-state index contributed by atoms with van der Waals surface area (Å²) >= 11 is 0. The molecular weight excluding hydrogens is 262 g/mol.